The minimum Gasteiger partial charge on any atom is -0.496 e. The lowest BCUT2D eigenvalue weighted by atomic mass is 10.1. The minimum atomic E-state index is -4.34. The first-order valence-electron chi connectivity index (χ1n) is 8.60. The Balaban J connectivity index is 1.84. The molecule has 28 heavy (non-hydrogen) atoms. The van der Waals surface area contributed by atoms with E-state index in [2.05, 4.69) is 5.32 Å². The normalized spacial score (nSPS) is 11.2. The van der Waals surface area contributed by atoms with Gasteiger partial charge in [-0.3, -0.25) is 0 Å². The van der Waals surface area contributed by atoms with Gasteiger partial charge in [0.25, 0.3) is 0 Å². The maximum absolute atomic E-state index is 12.6. The van der Waals surface area contributed by atoms with Crippen LogP contribution in [0.5, 0.6) is 5.75 Å². The lowest BCUT2D eigenvalue weighted by Gasteiger charge is -2.19. The summed E-state index contributed by atoms with van der Waals surface area (Å²) in [6, 6.07) is 10.5. The van der Waals surface area contributed by atoms with Crippen LogP contribution in [0.3, 0.4) is 0 Å². The number of benzene rings is 2. The molecule has 0 unspecified atom stereocenters. The van der Waals surface area contributed by atoms with E-state index in [0.717, 1.165) is 33.9 Å². The molecule has 2 rings (SSSR count). The summed E-state index contributed by atoms with van der Waals surface area (Å²) in [7, 11) is 3.29. The van der Waals surface area contributed by atoms with Crippen molar-refractivity contribution in [2.75, 3.05) is 27.0 Å². The molecular weight excluding hydrogens is 389 g/mol. The van der Waals surface area contributed by atoms with Gasteiger partial charge in [-0.15, -0.1) is 11.8 Å². The van der Waals surface area contributed by atoms with Gasteiger partial charge in [0.1, 0.15) is 5.75 Å². The van der Waals surface area contributed by atoms with Crippen LogP contribution < -0.4 is 10.1 Å². The second-order valence-corrected chi connectivity index (χ2v) is 7.07. The van der Waals surface area contributed by atoms with Gasteiger partial charge in [0, 0.05) is 25.0 Å². The van der Waals surface area contributed by atoms with Crippen LogP contribution in [0, 0.1) is 0 Å². The zero-order valence-corrected chi connectivity index (χ0v) is 16.8. The summed E-state index contributed by atoms with van der Waals surface area (Å²) >= 11 is 1.58. The molecule has 2 amide bonds. The van der Waals surface area contributed by atoms with Crippen molar-refractivity contribution in [3.63, 3.8) is 0 Å². The average molecular weight is 412 g/mol. The summed E-state index contributed by atoms with van der Waals surface area (Å²) in [5.74, 6) is 0.765. The van der Waals surface area contributed by atoms with Crippen molar-refractivity contribution in [1.82, 2.24) is 10.2 Å². The van der Waals surface area contributed by atoms with E-state index in [0.29, 0.717) is 19.5 Å². The fourth-order valence-corrected chi connectivity index (χ4v) is 3.18. The van der Waals surface area contributed by atoms with E-state index in [1.54, 1.807) is 30.8 Å². The second kappa shape index (κ2) is 9.73. The number of nitrogens with one attached hydrogen (secondary N) is 1. The first kappa shape index (κ1) is 21.9. The van der Waals surface area contributed by atoms with Gasteiger partial charge in [0.15, 0.2) is 0 Å². The lowest BCUT2D eigenvalue weighted by molar-refractivity contribution is -0.137. The van der Waals surface area contributed by atoms with Crippen molar-refractivity contribution < 1.29 is 22.7 Å². The Bertz CT molecular complexity index is 795. The monoisotopic (exact) mass is 412 g/mol. The van der Waals surface area contributed by atoms with Gasteiger partial charge in [0.05, 0.1) is 12.7 Å². The van der Waals surface area contributed by atoms with Crippen LogP contribution in [-0.4, -0.2) is 37.9 Å². The molecule has 0 saturated heterocycles. The number of thioether (sulfide) groups is 1. The first-order chi connectivity index (χ1) is 13.2. The van der Waals surface area contributed by atoms with Crippen molar-refractivity contribution in [2.24, 2.45) is 0 Å². The molecule has 0 aromatic heterocycles. The number of amides is 2. The molecule has 4 nitrogen and oxygen atoms in total. The Morgan fingerprint density at radius 1 is 1.14 bits per heavy atom. The second-order valence-electron chi connectivity index (χ2n) is 6.22. The average Bonchev–Trinajstić information content (AvgIpc) is 2.67. The van der Waals surface area contributed by atoms with Gasteiger partial charge in [-0.2, -0.15) is 13.2 Å². The summed E-state index contributed by atoms with van der Waals surface area (Å²) in [5.41, 5.74) is 0.992. The molecule has 0 aliphatic rings. The van der Waals surface area contributed by atoms with Gasteiger partial charge >= 0.3 is 12.2 Å². The maximum Gasteiger partial charge on any atom is 0.416 e. The largest absolute Gasteiger partial charge is 0.496 e. The molecule has 0 aliphatic heterocycles. The van der Waals surface area contributed by atoms with Crippen molar-refractivity contribution in [3.05, 3.63) is 59.2 Å². The standard InChI is InChI=1S/C20H23F3N2O2S/c1-25(13-15-6-9-18(28-3)17(12-15)27-2)19(26)24-11-10-14-4-7-16(8-5-14)20(21,22)23/h4-9,12H,10-11,13H2,1-3H3,(H,24,26). The summed E-state index contributed by atoms with van der Waals surface area (Å²) in [6.45, 7) is 0.750. The van der Waals surface area contributed by atoms with Crippen LogP contribution in [0.4, 0.5) is 18.0 Å². The van der Waals surface area contributed by atoms with Crippen LogP contribution in [0.15, 0.2) is 47.4 Å². The van der Waals surface area contributed by atoms with E-state index in [1.165, 1.54) is 12.1 Å². The van der Waals surface area contributed by atoms with Gasteiger partial charge < -0.3 is 15.0 Å². The zero-order chi connectivity index (χ0) is 20.7. The fourth-order valence-electron chi connectivity index (χ4n) is 2.63. The summed E-state index contributed by atoms with van der Waals surface area (Å²) < 4.78 is 43.0. The summed E-state index contributed by atoms with van der Waals surface area (Å²) in [6.07, 6.45) is -1.92. The Morgan fingerprint density at radius 3 is 2.36 bits per heavy atom. The number of halogens is 3. The molecule has 2 aromatic rings. The van der Waals surface area contributed by atoms with E-state index in [9.17, 15) is 18.0 Å². The third kappa shape index (κ3) is 6.09. The number of carbonyl (C=O) groups excluding carboxylic acids is 1. The van der Waals surface area contributed by atoms with E-state index in [4.69, 9.17) is 4.74 Å². The first-order valence-corrected chi connectivity index (χ1v) is 9.83. The molecule has 152 valence electrons. The molecule has 8 heteroatoms. The number of carbonyl (C=O) groups is 1. The highest BCUT2D eigenvalue weighted by molar-refractivity contribution is 7.98. The lowest BCUT2D eigenvalue weighted by Crippen LogP contribution is -2.37. The van der Waals surface area contributed by atoms with Crippen LogP contribution in [0.1, 0.15) is 16.7 Å². The van der Waals surface area contributed by atoms with Crippen molar-refractivity contribution in [2.45, 2.75) is 24.0 Å². The molecule has 0 fully saturated rings. The number of methoxy groups -OCH3 is 1. The molecule has 0 aliphatic carbocycles. The number of rotatable bonds is 7. The quantitative estimate of drug-likeness (QED) is 0.663. The highest BCUT2D eigenvalue weighted by Crippen LogP contribution is 2.29. The number of hydrogen-bond acceptors (Lipinski definition) is 3. The van der Waals surface area contributed by atoms with E-state index >= 15 is 0 Å². The van der Waals surface area contributed by atoms with Gasteiger partial charge in [0.2, 0.25) is 0 Å². The molecule has 1 N–H and O–H groups in total. The smallest absolute Gasteiger partial charge is 0.416 e. The van der Waals surface area contributed by atoms with Crippen LogP contribution in [0.25, 0.3) is 0 Å². The fraction of sp³-hybridized carbons (Fsp3) is 0.350. The molecule has 0 spiro atoms. The summed E-state index contributed by atoms with van der Waals surface area (Å²) in [4.78, 5) is 14.8. The summed E-state index contributed by atoms with van der Waals surface area (Å²) in [5, 5.41) is 2.78. The number of hydrogen-bond donors (Lipinski definition) is 1. The minimum absolute atomic E-state index is 0.250. The number of urea groups is 1. The van der Waals surface area contributed by atoms with Crippen LogP contribution in [0.2, 0.25) is 0 Å². The van der Waals surface area contributed by atoms with Crippen LogP contribution >= 0.6 is 11.8 Å². The predicted octanol–water partition coefficient (Wildman–Crippen LogP) is 4.82. The molecule has 0 bridgehead atoms. The van der Waals surface area contributed by atoms with Crippen molar-refractivity contribution in [1.29, 1.82) is 0 Å². The van der Waals surface area contributed by atoms with E-state index < -0.39 is 11.7 Å². The number of nitrogens with zero attached hydrogens (tertiary/aromatic N) is 1. The van der Waals surface area contributed by atoms with Crippen molar-refractivity contribution >= 4 is 17.8 Å². The van der Waals surface area contributed by atoms with E-state index in [-0.39, 0.29) is 6.03 Å². The highest BCUT2D eigenvalue weighted by Gasteiger charge is 2.29. The Kier molecular flexibility index (Phi) is 7.62. The number of alkyl halides is 3. The molecule has 2 aromatic carbocycles. The molecule has 0 saturated carbocycles. The molecular formula is C20H23F3N2O2S. The SMILES string of the molecule is COc1cc(CN(C)C(=O)NCCc2ccc(C(F)(F)F)cc2)ccc1SC. The van der Waals surface area contributed by atoms with Gasteiger partial charge in [-0.05, 0) is 48.1 Å². The van der Waals surface area contributed by atoms with E-state index in [1.807, 2.05) is 24.5 Å². The Labute approximate surface area is 167 Å². The predicted molar refractivity (Wildman–Crippen MR) is 105 cm³/mol. The van der Waals surface area contributed by atoms with Crippen molar-refractivity contribution in [3.8, 4) is 5.75 Å². The molecule has 0 heterocycles. The third-order valence-corrected chi connectivity index (χ3v) is 4.96. The number of ether oxygens (including phenoxy) is 1. The molecule has 0 radical (unpaired) electrons. The molecule has 0 atom stereocenters. The van der Waals surface area contributed by atoms with Gasteiger partial charge in [-0.1, -0.05) is 18.2 Å². The Hall–Kier alpha value is -2.35. The highest BCUT2D eigenvalue weighted by atomic mass is 32.2. The zero-order valence-electron chi connectivity index (χ0n) is 16.0. The maximum atomic E-state index is 12.6. The van der Waals surface area contributed by atoms with Gasteiger partial charge in [-0.25, -0.2) is 4.79 Å². The third-order valence-electron chi connectivity index (χ3n) is 4.19. The Morgan fingerprint density at radius 2 is 1.79 bits per heavy atom. The topological polar surface area (TPSA) is 41.6 Å². The van der Waals surface area contributed by atoms with Crippen LogP contribution in [-0.2, 0) is 19.1 Å².